The lowest BCUT2D eigenvalue weighted by Gasteiger charge is -2.11. The molecule has 150 valence electrons. The van der Waals surface area contributed by atoms with Crippen molar-refractivity contribution in [3.8, 4) is 11.5 Å². The van der Waals surface area contributed by atoms with Crippen LogP contribution in [0.4, 0.5) is 0 Å². The first-order valence-corrected chi connectivity index (χ1v) is 10.4. The molecule has 29 heavy (non-hydrogen) atoms. The Morgan fingerprint density at radius 3 is 2.41 bits per heavy atom. The van der Waals surface area contributed by atoms with Gasteiger partial charge in [0.1, 0.15) is 16.4 Å². The van der Waals surface area contributed by atoms with Crippen molar-refractivity contribution < 1.29 is 22.7 Å². The fourth-order valence-electron chi connectivity index (χ4n) is 2.55. The fourth-order valence-corrected chi connectivity index (χ4v) is 4.10. The molecule has 3 rings (SSSR count). The molecule has 0 spiro atoms. The second-order valence-corrected chi connectivity index (χ2v) is 8.17. The van der Waals surface area contributed by atoms with Gasteiger partial charge >= 0.3 is 5.97 Å². The summed E-state index contributed by atoms with van der Waals surface area (Å²) in [6, 6.07) is 20.2. The van der Waals surface area contributed by atoms with Crippen molar-refractivity contribution in [2.45, 2.75) is 11.4 Å². The summed E-state index contributed by atoms with van der Waals surface area (Å²) in [5, 5.41) is 0.00585. The van der Waals surface area contributed by atoms with E-state index < -0.39 is 16.0 Å². The van der Waals surface area contributed by atoms with Gasteiger partial charge in [0, 0.05) is 6.54 Å². The Bertz CT molecular complexity index is 1120. The zero-order valence-corrected chi connectivity index (χ0v) is 17.0. The van der Waals surface area contributed by atoms with Gasteiger partial charge in [-0.1, -0.05) is 41.9 Å². The Labute approximate surface area is 174 Å². The molecule has 8 heteroatoms. The van der Waals surface area contributed by atoms with Gasteiger partial charge in [-0.2, -0.15) is 0 Å². The molecule has 0 atom stereocenters. The molecule has 3 aromatic carbocycles. The Kier molecular flexibility index (Phi) is 6.53. The number of nitrogens with one attached hydrogen (secondary N) is 1. The number of para-hydroxylation sites is 1. The van der Waals surface area contributed by atoms with Gasteiger partial charge in [0.2, 0.25) is 10.0 Å². The summed E-state index contributed by atoms with van der Waals surface area (Å²) in [5.41, 5.74) is 0.790. The molecular formula is C21H18ClNO5S. The van der Waals surface area contributed by atoms with Crippen LogP contribution in [0, 0.1) is 0 Å². The number of rotatable bonds is 7. The molecular weight excluding hydrogens is 414 g/mol. The molecule has 0 unspecified atom stereocenters. The maximum absolute atomic E-state index is 12.7. The van der Waals surface area contributed by atoms with E-state index in [-0.39, 0.29) is 22.0 Å². The number of ether oxygens (including phenoxy) is 2. The van der Waals surface area contributed by atoms with E-state index in [9.17, 15) is 13.2 Å². The van der Waals surface area contributed by atoms with Crippen molar-refractivity contribution in [3.05, 3.63) is 88.9 Å². The minimum atomic E-state index is -3.96. The number of methoxy groups -OCH3 is 1. The van der Waals surface area contributed by atoms with Crippen LogP contribution in [0.25, 0.3) is 0 Å². The van der Waals surface area contributed by atoms with Crippen molar-refractivity contribution in [2.24, 2.45) is 0 Å². The minimum absolute atomic E-state index is 0.00585. The van der Waals surface area contributed by atoms with E-state index in [0.29, 0.717) is 17.1 Å². The summed E-state index contributed by atoms with van der Waals surface area (Å²) in [6.45, 7) is 0.0209. The lowest BCUT2D eigenvalue weighted by molar-refractivity contribution is 0.0600. The number of halogens is 1. The predicted octanol–water partition coefficient (Wildman–Crippen LogP) is 4.40. The second-order valence-electron chi connectivity index (χ2n) is 6.02. The van der Waals surface area contributed by atoms with Crippen molar-refractivity contribution in [3.63, 3.8) is 0 Å². The van der Waals surface area contributed by atoms with Crippen LogP contribution in [0.15, 0.2) is 77.7 Å². The van der Waals surface area contributed by atoms with E-state index in [2.05, 4.69) is 9.46 Å². The first-order chi connectivity index (χ1) is 13.9. The van der Waals surface area contributed by atoms with Crippen LogP contribution in [0.2, 0.25) is 5.02 Å². The van der Waals surface area contributed by atoms with Crippen LogP contribution in [0.3, 0.4) is 0 Å². The smallest absolute Gasteiger partial charge is 0.337 e. The SMILES string of the molecule is COC(=O)c1ccc(Cl)c(S(=O)(=O)NCc2cccc(Oc3ccccc3)c2)c1. The van der Waals surface area contributed by atoms with Gasteiger partial charge < -0.3 is 9.47 Å². The standard InChI is InChI=1S/C21H18ClNO5S/c1-27-21(24)16-10-11-19(22)20(13-16)29(25,26)23-14-15-6-5-9-18(12-15)28-17-7-3-2-4-8-17/h2-13,23H,14H2,1H3. The van der Waals surface area contributed by atoms with Crippen LogP contribution < -0.4 is 9.46 Å². The normalized spacial score (nSPS) is 11.1. The summed E-state index contributed by atoms with van der Waals surface area (Å²) in [5.74, 6) is 0.610. The average molecular weight is 432 g/mol. The highest BCUT2D eigenvalue weighted by atomic mass is 35.5. The maximum Gasteiger partial charge on any atom is 0.337 e. The van der Waals surface area contributed by atoms with Crippen molar-refractivity contribution in [1.29, 1.82) is 0 Å². The van der Waals surface area contributed by atoms with E-state index in [4.69, 9.17) is 16.3 Å². The Balaban J connectivity index is 1.75. The number of esters is 1. The molecule has 0 aliphatic carbocycles. The summed E-state index contributed by atoms with van der Waals surface area (Å²) in [6.07, 6.45) is 0. The summed E-state index contributed by atoms with van der Waals surface area (Å²) in [4.78, 5) is 11.5. The Morgan fingerprint density at radius 2 is 1.69 bits per heavy atom. The predicted molar refractivity (Wildman–Crippen MR) is 110 cm³/mol. The maximum atomic E-state index is 12.7. The third kappa shape index (κ3) is 5.35. The minimum Gasteiger partial charge on any atom is -0.465 e. The fraction of sp³-hybridized carbons (Fsp3) is 0.0952. The van der Waals surface area contributed by atoms with Crippen molar-refractivity contribution in [2.75, 3.05) is 7.11 Å². The summed E-state index contributed by atoms with van der Waals surface area (Å²) >= 11 is 6.03. The van der Waals surface area contributed by atoms with E-state index in [1.165, 1.54) is 25.3 Å². The second kappa shape index (κ2) is 9.09. The van der Waals surface area contributed by atoms with E-state index >= 15 is 0 Å². The molecule has 0 aliphatic heterocycles. The monoisotopic (exact) mass is 431 g/mol. The number of sulfonamides is 1. The largest absolute Gasteiger partial charge is 0.465 e. The van der Waals surface area contributed by atoms with Gasteiger partial charge in [-0.05, 0) is 48.0 Å². The Morgan fingerprint density at radius 1 is 0.966 bits per heavy atom. The van der Waals surface area contributed by atoms with Crippen molar-refractivity contribution in [1.82, 2.24) is 4.72 Å². The number of hydrogen-bond acceptors (Lipinski definition) is 5. The lowest BCUT2D eigenvalue weighted by atomic mass is 10.2. The van der Waals surface area contributed by atoms with Crippen LogP contribution in [-0.4, -0.2) is 21.5 Å². The molecule has 0 aromatic heterocycles. The first-order valence-electron chi connectivity index (χ1n) is 8.58. The topological polar surface area (TPSA) is 81.7 Å². The van der Waals surface area contributed by atoms with Crippen LogP contribution in [0.5, 0.6) is 11.5 Å². The highest BCUT2D eigenvalue weighted by Crippen LogP contribution is 2.24. The number of carbonyl (C=O) groups is 1. The van der Waals surface area contributed by atoms with Crippen LogP contribution >= 0.6 is 11.6 Å². The molecule has 1 N–H and O–H groups in total. The third-order valence-electron chi connectivity index (χ3n) is 3.99. The number of benzene rings is 3. The van der Waals surface area contributed by atoms with Gasteiger partial charge in [0.25, 0.3) is 0 Å². The zero-order valence-electron chi connectivity index (χ0n) is 15.5. The molecule has 0 saturated heterocycles. The van der Waals surface area contributed by atoms with Gasteiger partial charge in [-0.15, -0.1) is 0 Å². The van der Waals surface area contributed by atoms with Gasteiger partial charge in [0.15, 0.2) is 0 Å². The number of hydrogen-bond donors (Lipinski definition) is 1. The number of carbonyl (C=O) groups excluding carboxylic acids is 1. The molecule has 0 heterocycles. The molecule has 3 aromatic rings. The van der Waals surface area contributed by atoms with E-state index in [1.807, 2.05) is 30.3 Å². The summed E-state index contributed by atoms with van der Waals surface area (Å²) in [7, 11) is -2.74. The molecule has 0 amide bonds. The van der Waals surface area contributed by atoms with Gasteiger partial charge in [-0.3, -0.25) is 0 Å². The van der Waals surface area contributed by atoms with Crippen LogP contribution in [-0.2, 0) is 21.3 Å². The molecule has 0 saturated carbocycles. The zero-order chi connectivity index (χ0) is 20.9. The van der Waals surface area contributed by atoms with Crippen LogP contribution in [0.1, 0.15) is 15.9 Å². The van der Waals surface area contributed by atoms with E-state index in [0.717, 1.165) is 0 Å². The lowest BCUT2D eigenvalue weighted by Crippen LogP contribution is -2.24. The Hall–Kier alpha value is -2.87. The summed E-state index contributed by atoms with van der Waals surface area (Å²) < 4.78 is 38.2. The molecule has 0 bridgehead atoms. The van der Waals surface area contributed by atoms with E-state index in [1.54, 1.807) is 24.3 Å². The third-order valence-corrected chi connectivity index (χ3v) is 5.87. The molecule has 6 nitrogen and oxygen atoms in total. The highest BCUT2D eigenvalue weighted by Gasteiger charge is 2.20. The highest BCUT2D eigenvalue weighted by molar-refractivity contribution is 7.89. The van der Waals surface area contributed by atoms with Gasteiger partial charge in [-0.25, -0.2) is 17.9 Å². The average Bonchev–Trinajstić information content (AvgIpc) is 2.73. The molecule has 0 aliphatic rings. The first kappa shape index (κ1) is 20.9. The quantitative estimate of drug-likeness (QED) is 0.561. The van der Waals surface area contributed by atoms with Crippen molar-refractivity contribution >= 4 is 27.6 Å². The molecule has 0 fully saturated rings. The molecule has 0 radical (unpaired) electrons. The van der Waals surface area contributed by atoms with Gasteiger partial charge in [0.05, 0.1) is 17.7 Å².